The first-order chi connectivity index (χ1) is 7.81. The Morgan fingerprint density at radius 3 is 2.69 bits per heavy atom. The molecule has 0 radical (unpaired) electrons. The summed E-state index contributed by atoms with van der Waals surface area (Å²) in [6.45, 7) is 2.17. The summed E-state index contributed by atoms with van der Waals surface area (Å²) in [4.78, 5) is 0. The van der Waals surface area contributed by atoms with E-state index in [1.54, 1.807) is 11.3 Å². The molecule has 1 aromatic heterocycles. The van der Waals surface area contributed by atoms with E-state index < -0.39 is 0 Å². The molecule has 1 N–H and O–H groups in total. The monoisotopic (exact) mass is 231 g/mol. The average Bonchev–Trinajstić information content (AvgIpc) is 2.80. The molecule has 0 aliphatic rings. The molecule has 0 saturated carbocycles. The second kappa shape index (κ2) is 5.28. The zero-order valence-corrected chi connectivity index (χ0v) is 10.6. The van der Waals surface area contributed by atoms with Crippen LogP contribution in [-0.2, 0) is 6.42 Å². The van der Waals surface area contributed by atoms with Crippen LogP contribution in [0.25, 0.3) is 0 Å². The Morgan fingerprint density at radius 2 is 2.06 bits per heavy atom. The van der Waals surface area contributed by atoms with Gasteiger partial charge in [-0.15, -0.1) is 0 Å². The summed E-state index contributed by atoms with van der Waals surface area (Å²) in [6.07, 6.45) is 1.06. The van der Waals surface area contributed by atoms with Crippen LogP contribution in [0.1, 0.15) is 22.7 Å². The predicted molar refractivity (Wildman–Crippen MR) is 71.0 cm³/mol. The maximum absolute atomic E-state index is 3.40. The molecule has 1 heterocycles. The Morgan fingerprint density at radius 1 is 1.25 bits per heavy atom. The Bertz CT molecular complexity index is 434. The highest BCUT2D eigenvalue weighted by Crippen LogP contribution is 2.22. The van der Waals surface area contributed by atoms with E-state index in [9.17, 15) is 0 Å². The Labute approximate surface area is 101 Å². The first-order valence-electron chi connectivity index (χ1n) is 5.55. The maximum Gasteiger partial charge on any atom is 0.0361 e. The lowest BCUT2D eigenvalue weighted by Gasteiger charge is -2.18. The van der Waals surface area contributed by atoms with E-state index in [-0.39, 0.29) is 0 Å². The van der Waals surface area contributed by atoms with E-state index in [0.717, 1.165) is 6.42 Å². The molecule has 84 valence electrons. The van der Waals surface area contributed by atoms with Crippen molar-refractivity contribution < 1.29 is 0 Å². The van der Waals surface area contributed by atoms with Crippen LogP contribution in [0.5, 0.6) is 0 Å². The quantitative estimate of drug-likeness (QED) is 0.848. The third-order valence-corrected chi connectivity index (χ3v) is 3.66. The summed E-state index contributed by atoms with van der Waals surface area (Å²) in [6, 6.07) is 11.2. The molecule has 1 unspecified atom stereocenters. The molecular formula is C14H17NS. The van der Waals surface area contributed by atoms with Gasteiger partial charge in [-0.3, -0.25) is 0 Å². The third-order valence-electron chi connectivity index (χ3n) is 2.93. The van der Waals surface area contributed by atoms with Crippen LogP contribution in [0.3, 0.4) is 0 Å². The van der Waals surface area contributed by atoms with Gasteiger partial charge in [0.2, 0.25) is 0 Å². The molecule has 0 aliphatic heterocycles. The summed E-state index contributed by atoms with van der Waals surface area (Å²) in [7, 11) is 2.03. The van der Waals surface area contributed by atoms with Gasteiger partial charge in [0.25, 0.3) is 0 Å². The van der Waals surface area contributed by atoms with Gasteiger partial charge in [-0.05, 0) is 53.9 Å². The second-order valence-corrected chi connectivity index (χ2v) is 4.81. The zero-order valence-electron chi connectivity index (χ0n) is 9.73. The van der Waals surface area contributed by atoms with Crippen molar-refractivity contribution >= 4 is 11.3 Å². The van der Waals surface area contributed by atoms with Crippen molar-refractivity contribution in [2.45, 2.75) is 19.4 Å². The second-order valence-electron chi connectivity index (χ2n) is 4.03. The normalized spacial score (nSPS) is 12.6. The molecule has 2 rings (SSSR count). The van der Waals surface area contributed by atoms with E-state index in [1.165, 1.54) is 16.7 Å². The fourth-order valence-corrected chi connectivity index (χ4v) is 2.67. The molecule has 1 nitrogen and oxygen atoms in total. The van der Waals surface area contributed by atoms with Crippen molar-refractivity contribution in [2.75, 3.05) is 7.05 Å². The highest BCUT2D eigenvalue weighted by molar-refractivity contribution is 7.07. The van der Waals surface area contributed by atoms with Crippen molar-refractivity contribution in [1.29, 1.82) is 0 Å². The molecule has 2 heteroatoms. The Kier molecular flexibility index (Phi) is 3.75. The maximum atomic E-state index is 3.40. The van der Waals surface area contributed by atoms with E-state index in [1.807, 2.05) is 7.05 Å². The largest absolute Gasteiger partial charge is 0.313 e. The average molecular weight is 231 g/mol. The lowest BCUT2D eigenvalue weighted by atomic mass is 9.97. The van der Waals surface area contributed by atoms with E-state index in [4.69, 9.17) is 0 Å². The molecule has 0 aliphatic carbocycles. The SMILES string of the molecule is CNC(Cc1ccsc1)c1ccccc1C. The molecule has 0 bridgehead atoms. The van der Waals surface area contributed by atoms with Gasteiger partial charge < -0.3 is 5.32 Å². The van der Waals surface area contributed by atoms with Crippen molar-refractivity contribution in [1.82, 2.24) is 5.32 Å². The molecular weight excluding hydrogens is 214 g/mol. The zero-order chi connectivity index (χ0) is 11.4. The minimum absolute atomic E-state index is 0.413. The lowest BCUT2D eigenvalue weighted by molar-refractivity contribution is 0.590. The number of hydrogen-bond acceptors (Lipinski definition) is 2. The standard InChI is InChI=1S/C14H17NS/c1-11-5-3-4-6-13(11)14(15-2)9-12-7-8-16-10-12/h3-8,10,14-15H,9H2,1-2H3. The van der Waals surface area contributed by atoms with Crippen LogP contribution in [0, 0.1) is 6.92 Å². The van der Waals surface area contributed by atoms with Crippen molar-refractivity contribution in [3.63, 3.8) is 0 Å². The Hall–Kier alpha value is -1.12. The molecule has 1 atom stereocenters. The van der Waals surface area contributed by atoms with Crippen LogP contribution in [0.15, 0.2) is 41.1 Å². The van der Waals surface area contributed by atoms with Crippen molar-refractivity contribution in [3.05, 3.63) is 57.8 Å². The minimum atomic E-state index is 0.413. The van der Waals surface area contributed by atoms with E-state index >= 15 is 0 Å². The fourth-order valence-electron chi connectivity index (χ4n) is 1.99. The summed E-state index contributed by atoms with van der Waals surface area (Å²) < 4.78 is 0. The lowest BCUT2D eigenvalue weighted by Crippen LogP contribution is -2.19. The minimum Gasteiger partial charge on any atom is -0.313 e. The van der Waals surface area contributed by atoms with Crippen LogP contribution < -0.4 is 5.32 Å². The first-order valence-corrected chi connectivity index (χ1v) is 6.49. The summed E-state index contributed by atoms with van der Waals surface area (Å²) in [5.74, 6) is 0. The van der Waals surface area contributed by atoms with Crippen LogP contribution >= 0.6 is 11.3 Å². The number of thiophene rings is 1. The smallest absolute Gasteiger partial charge is 0.0361 e. The third kappa shape index (κ3) is 2.52. The summed E-state index contributed by atoms with van der Waals surface area (Å²) in [5, 5.41) is 7.77. The molecule has 0 saturated heterocycles. The topological polar surface area (TPSA) is 12.0 Å². The molecule has 1 aromatic carbocycles. The van der Waals surface area contributed by atoms with Gasteiger partial charge in [0.05, 0.1) is 0 Å². The number of likely N-dealkylation sites (N-methyl/N-ethyl adjacent to an activating group) is 1. The molecule has 16 heavy (non-hydrogen) atoms. The van der Waals surface area contributed by atoms with Gasteiger partial charge in [0.15, 0.2) is 0 Å². The van der Waals surface area contributed by atoms with Gasteiger partial charge >= 0.3 is 0 Å². The van der Waals surface area contributed by atoms with Gasteiger partial charge in [0, 0.05) is 6.04 Å². The van der Waals surface area contributed by atoms with Crippen LogP contribution in [0.4, 0.5) is 0 Å². The van der Waals surface area contributed by atoms with Crippen LogP contribution in [0.2, 0.25) is 0 Å². The van der Waals surface area contributed by atoms with Gasteiger partial charge in [-0.1, -0.05) is 24.3 Å². The number of hydrogen-bond donors (Lipinski definition) is 1. The van der Waals surface area contributed by atoms with Crippen LogP contribution in [-0.4, -0.2) is 7.05 Å². The fraction of sp³-hybridized carbons (Fsp3) is 0.286. The van der Waals surface area contributed by atoms with Crippen molar-refractivity contribution in [3.8, 4) is 0 Å². The number of benzene rings is 1. The Balaban J connectivity index is 2.20. The summed E-state index contributed by atoms with van der Waals surface area (Å²) in [5.41, 5.74) is 4.17. The predicted octanol–water partition coefficient (Wildman–Crippen LogP) is 3.56. The molecule has 0 spiro atoms. The molecule has 2 aromatic rings. The highest BCUT2D eigenvalue weighted by atomic mass is 32.1. The van der Waals surface area contributed by atoms with Gasteiger partial charge in [-0.2, -0.15) is 11.3 Å². The number of rotatable bonds is 4. The number of aryl methyl sites for hydroxylation is 1. The molecule has 0 fully saturated rings. The first kappa shape index (κ1) is 11.4. The van der Waals surface area contributed by atoms with Gasteiger partial charge in [-0.25, -0.2) is 0 Å². The highest BCUT2D eigenvalue weighted by Gasteiger charge is 2.11. The number of nitrogens with one attached hydrogen (secondary N) is 1. The van der Waals surface area contributed by atoms with E-state index in [2.05, 4.69) is 53.3 Å². The van der Waals surface area contributed by atoms with Crippen molar-refractivity contribution in [2.24, 2.45) is 0 Å². The molecule has 0 amide bonds. The van der Waals surface area contributed by atoms with Gasteiger partial charge in [0.1, 0.15) is 0 Å². The summed E-state index contributed by atoms with van der Waals surface area (Å²) >= 11 is 1.76. The van der Waals surface area contributed by atoms with E-state index in [0.29, 0.717) is 6.04 Å².